The SMILES string of the molecule is Cc1ccc(NC(=O)c2cnn3c2NC2=C(C(=O)CC(C)(C)C2)[C@@H]3c2cccc(O)c2)cc1C. The van der Waals surface area contributed by atoms with E-state index in [0.717, 1.165) is 22.4 Å². The second-order valence-electron chi connectivity index (χ2n) is 10.1. The highest BCUT2D eigenvalue weighted by Gasteiger charge is 2.42. The average Bonchev–Trinajstić information content (AvgIpc) is 3.17. The van der Waals surface area contributed by atoms with E-state index in [1.807, 2.05) is 38.1 Å². The van der Waals surface area contributed by atoms with Gasteiger partial charge in [-0.3, -0.25) is 9.59 Å². The summed E-state index contributed by atoms with van der Waals surface area (Å²) in [5, 5.41) is 21.0. The topological polar surface area (TPSA) is 96.3 Å². The van der Waals surface area contributed by atoms with Crippen LogP contribution in [-0.2, 0) is 4.79 Å². The fourth-order valence-electron chi connectivity index (χ4n) is 4.90. The summed E-state index contributed by atoms with van der Waals surface area (Å²) in [6, 6.07) is 12.1. The van der Waals surface area contributed by atoms with Crippen LogP contribution in [0.4, 0.5) is 11.5 Å². The highest BCUT2D eigenvalue weighted by atomic mass is 16.3. The number of nitrogens with zero attached hydrogens (tertiary/aromatic N) is 2. The van der Waals surface area contributed by atoms with Crippen LogP contribution >= 0.6 is 0 Å². The Bertz CT molecular complexity index is 1370. The molecule has 1 aliphatic heterocycles. The number of carbonyl (C=O) groups excluding carboxylic acids is 2. The van der Waals surface area contributed by atoms with Crippen molar-refractivity contribution in [1.82, 2.24) is 9.78 Å². The third-order valence-electron chi connectivity index (χ3n) is 6.70. The van der Waals surface area contributed by atoms with E-state index in [9.17, 15) is 14.7 Å². The van der Waals surface area contributed by atoms with Crippen molar-refractivity contribution in [3.8, 4) is 5.75 Å². The minimum Gasteiger partial charge on any atom is -0.508 e. The monoisotopic (exact) mass is 456 g/mol. The first-order chi connectivity index (χ1) is 16.1. The molecule has 2 heterocycles. The molecule has 0 saturated carbocycles. The Hall–Kier alpha value is -3.87. The molecule has 1 amide bonds. The Labute approximate surface area is 198 Å². The zero-order chi connectivity index (χ0) is 24.2. The van der Waals surface area contributed by atoms with Crippen LogP contribution in [0.3, 0.4) is 0 Å². The number of rotatable bonds is 3. The molecule has 0 saturated heterocycles. The Morgan fingerprint density at radius 1 is 1.15 bits per heavy atom. The van der Waals surface area contributed by atoms with Crippen LogP contribution in [0, 0.1) is 19.3 Å². The molecular weight excluding hydrogens is 428 g/mol. The number of allylic oxidation sites excluding steroid dienone is 2. The van der Waals surface area contributed by atoms with E-state index in [1.54, 1.807) is 22.9 Å². The largest absolute Gasteiger partial charge is 0.508 e. The van der Waals surface area contributed by atoms with Crippen LogP contribution in [0.15, 0.2) is 59.9 Å². The van der Waals surface area contributed by atoms with Gasteiger partial charge in [0.05, 0.1) is 6.20 Å². The maximum Gasteiger partial charge on any atom is 0.261 e. The van der Waals surface area contributed by atoms with E-state index < -0.39 is 6.04 Å². The highest BCUT2D eigenvalue weighted by Crippen LogP contribution is 2.46. The third kappa shape index (κ3) is 3.77. The molecule has 7 nitrogen and oxygen atoms in total. The average molecular weight is 457 g/mol. The minimum atomic E-state index is -0.523. The number of phenols is 1. The van der Waals surface area contributed by atoms with Crippen molar-refractivity contribution in [1.29, 1.82) is 0 Å². The number of ketones is 1. The molecular formula is C27H28N4O3. The number of Topliss-reactive ketones (excluding diaryl/α,β-unsaturated/α-hetero) is 1. The summed E-state index contributed by atoms with van der Waals surface area (Å²) >= 11 is 0. The van der Waals surface area contributed by atoms with Crippen molar-refractivity contribution in [3.05, 3.63) is 82.2 Å². The summed E-state index contributed by atoms with van der Waals surface area (Å²) in [6.45, 7) is 8.17. The van der Waals surface area contributed by atoms with E-state index in [1.165, 1.54) is 6.20 Å². The number of carbonyl (C=O) groups is 2. The summed E-state index contributed by atoms with van der Waals surface area (Å²) in [5.41, 5.74) is 5.34. The lowest BCUT2D eigenvalue weighted by molar-refractivity contribution is -0.118. The second kappa shape index (κ2) is 7.87. The second-order valence-corrected chi connectivity index (χ2v) is 10.1. The van der Waals surface area contributed by atoms with Gasteiger partial charge >= 0.3 is 0 Å². The Morgan fingerprint density at radius 3 is 2.68 bits per heavy atom. The molecule has 5 rings (SSSR count). The van der Waals surface area contributed by atoms with Crippen LogP contribution in [0.2, 0.25) is 0 Å². The normalized spacial score (nSPS) is 18.7. The molecule has 3 N–H and O–H groups in total. The van der Waals surface area contributed by atoms with Gasteiger partial charge in [-0.25, -0.2) is 4.68 Å². The molecule has 1 aliphatic carbocycles. The van der Waals surface area contributed by atoms with Crippen molar-refractivity contribution in [2.75, 3.05) is 10.6 Å². The van der Waals surface area contributed by atoms with Crippen molar-refractivity contribution in [2.24, 2.45) is 5.41 Å². The lowest BCUT2D eigenvalue weighted by Crippen LogP contribution is -2.36. The molecule has 0 fully saturated rings. The number of hydrogen-bond donors (Lipinski definition) is 3. The number of amides is 1. The molecule has 1 atom stereocenters. The standard InChI is InChI=1S/C27H28N4O3/c1-15-8-9-18(10-16(15)2)29-26(34)20-14-28-31-24(17-6-5-7-19(32)11-17)23-21(30-25(20)31)12-27(3,4)13-22(23)33/h5-11,14,24,30,32H,12-13H2,1-4H3,(H,29,34)/t24-/m0/s1. The number of nitrogens with one attached hydrogen (secondary N) is 2. The number of aromatic nitrogens is 2. The molecule has 7 heteroatoms. The number of anilines is 2. The van der Waals surface area contributed by atoms with Gasteiger partial charge in [0.15, 0.2) is 5.78 Å². The van der Waals surface area contributed by atoms with Gasteiger partial charge in [-0.15, -0.1) is 0 Å². The quantitative estimate of drug-likeness (QED) is 0.509. The van der Waals surface area contributed by atoms with Gasteiger partial charge in [-0.2, -0.15) is 5.10 Å². The van der Waals surface area contributed by atoms with Gasteiger partial charge in [0.25, 0.3) is 5.91 Å². The van der Waals surface area contributed by atoms with Crippen LogP contribution in [0.25, 0.3) is 0 Å². The van der Waals surface area contributed by atoms with Crippen molar-refractivity contribution < 1.29 is 14.7 Å². The molecule has 174 valence electrons. The molecule has 2 aliphatic rings. The van der Waals surface area contributed by atoms with E-state index in [0.29, 0.717) is 35.5 Å². The van der Waals surface area contributed by atoms with Gasteiger partial charge in [0, 0.05) is 23.4 Å². The number of phenolic OH excluding ortho intramolecular Hbond substituents is 1. The number of benzene rings is 2. The number of fused-ring (bicyclic) bond motifs is 1. The first-order valence-corrected chi connectivity index (χ1v) is 11.4. The Kier molecular flexibility index (Phi) is 5.08. The van der Waals surface area contributed by atoms with Crippen LogP contribution in [0.5, 0.6) is 5.75 Å². The summed E-state index contributed by atoms with van der Waals surface area (Å²) in [7, 11) is 0. The zero-order valence-corrected chi connectivity index (χ0v) is 19.8. The van der Waals surface area contributed by atoms with Gasteiger partial charge < -0.3 is 15.7 Å². The van der Waals surface area contributed by atoms with Crippen molar-refractivity contribution in [2.45, 2.75) is 46.6 Å². The van der Waals surface area contributed by atoms with E-state index in [-0.39, 0.29) is 22.9 Å². The predicted molar refractivity (Wildman–Crippen MR) is 131 cm³/mol. The Morgan fingerprint density at radius 2 is 1.94 bits per heavy atom. The van der Waals surface area contributed by atoms with E-state index in [2.05, 4.69) is 29.6 Å². The maximum absolute atomic E-state index is 13.3. The van der Waals surface area contributed by atoms with E-state index in [4.69, 9.17) is 0 Å². The summed E-state index contributed by atoms with van der Waals surface area (Å²) in [6.07, 6.45) is 2.63. The number of aromatic hydroxyl groups is 1. The van der Waals surface area contributed by atoms with Crippen molar-refractivity contribution >= 4 is 23.2 Å². The highest BCUT2D eigenvalue weighted by molar-refractivity contribution is 6.08. The molecule has 0 bridgehead atoms. The zero-order valence-electron chi connectivity index (χ0n) is 19.8. The third-order valence-corrected chi connectivity index (χ3v) is 6.70. The van der Waals surface area contributed by atoms with Crippen LogP contribution in [0.1, 0.15) is 59.8 Å². The van der Waals surface area contributed by atoms with E-state index >= 15 is 0 Å². The van der Waals surface area contributed by atoms with Gasteiger partial charge in [0.2, 0.25) is 0 Å². The predicted octanol–water partition coefficient (Wildman–Crippen LogP) is 5.12. The molecule has 0 radical (unpaired) electrons. The maximum atomic E-state index is 13.3. The fourth-order valence-corrected chi connectivity index (χ4v) is 4.90. The van der Waals surface area contributed by atoms with Gasteiger partial charge in [-0.05, 0) is 66.6 Å². The Balaban J connectivity index is 1.59. The van der Waals surface area contributed by atoms with Crippen LogP contribution in [-0.4, -0.2) is 26.6 Å². The minimum absolute atomic E-state index is 0.0503. The molecule has 0 unspecified atom stereocenters. The summed E-state index contributed by atoms with van der Waals surface area (Å²) < 4.78 is 1.68. The summed E-state index contributed by atoms with van der Waals surface area (Å²) in [5.74, 6) is 0.425. The molecule has 3 aromatic rings. The lowest BCUT2D eigenvalue weighted by Gasteiger charge is -2.39. The van der Waals surface area contributed by atoms with Crippen molar-refractivity contribution in [3.63, 3.8) is 0 Å². The summed E-state index contributed by atoms with van der Waals surface area (Å²) in [4.78, 5) is 26.5. The van der Waals surface area contributed by atoms with Gasteiger partial charge in [-0.1, -0.05) is 32.0 Å². The number of hydrogen-bond acceptors (Lipinski definition) is 5. The smallest absolute Gasteiger partial charge is 0.261 e. The van der Waals surface area contributed by atoms with Gasteiger partial charge in [0.1, 0.15) is 23.2 Å². The lowest BCUT2D eigenvalue weighted by atomic mass is 9.73. The molecule has 0 spiro atoms. The first-order valence-electron chi connectivity index (χ1n) is 11.4. The molecule has 34 heavy (non-hydrogen) atoms. The van der Waals surface area contributed by atoms with Crippen LogP contribution < -0.4 is 10.6 Å². The molecule has 1 aromatic heterocycles. The number of aryl methyl sites for hydroxylation is 2. The fraction of sp³-hybridized carbons (Fsp3) is 0.296. The first kappa shape index (κ1) is 21.9. The molecule has 2 aromatic carbocycles.